The van der Waals surface area contributed by atoms with Crippen LogP contribution in [0.2, 0.25) is 0 Å². The summed E-state index contributed by atoms with van der Waals surface area (Å²) in [6.45, 7) is 8.70. The average Bonchev–Trinajstić information content (AvgIpc) is 3.47. The quantitative estimate of drug-likeness (QED) is 0.442. The molecule has 2 saturated carbocycles. The van der Waals surface area contributed by atoms with E-state index in [0.717, 1.165) is 36.5 Å². The van der Waals surface area contributed by atoms with Crippen molar-refractivity contribution in [3.8, 4) is 0 Å². The van der Waals surface area contributed by atoms with Crippen LogP contribution in [-0.2, 0) is 0 Å². The zero-order valence-corrected chi connectivity index (χ0v) is 17.9. The van der Waals surface area contributed by atoms with E-state index in [1.54, 1.807) is 0 Å². The lowest BCUT2D eigenvalue weighted by atomic mass is 9.83. The molecule has 25 heavy (non-hydrogen) atoms. The second-order valence-corrected chi connectivity index (χ2v) is 8.87. The Kier molecular flexibility index (Phi) is 12.9. The second kappa shape index (κ2) is 14.1. The maximum Gasteiger partial charge on any atom is 0.0543 e. The fraction of sp³-hybridized carbons (Fsp3) is 1.00. The summed E-state index contributed by atoms with van der Waals surface area (Å²) in [5, 5.41) is 10.4. The van der Waals surface area contributed by atoms with Gasteiger partial charge in [-0.3, -0.25) is 0 Å². The smallest absolute Gasteiger partial charge is 0.0543 e. The molecule has 0 aromatic heterocycles. The van der Waals surface area contributed by atoms with Crippen molar-refractivity contribution in [2.24, 2.45) is 23.7 Å². The van der Waals surface area contributed by atoms with E-state index in [-0.39, 0.29) is 6.10 Å². The first-order valence-electron chi connectivity index (χ1n) is 11.9. The van der Waals surface area contributed by atoms with Crippen molar-refractivity contribution in [1.29, 1.82) is 0 Å². The van der Waals surface area contributed by atoms with Crippen LogP contribution in [0.4, 0.5) is 0 Å². The molecule has 2 rings (SSSR count). The van der Waals surface area contributed by atoms with Gasteiger partial charge in [-0.2, -0.15) is 0 Å². The Labute approximate surface area is 159 Å². The summed E-state index contributed by atoms with van der Waals surface area (Å²) in [7, 11) is 0. The minimum atomic E-state index is -0.00777. The number of hydrogen-bond acceptors (Lipinski definition) is 1. The number of aliphatic hydroxyl groups is 1. The van der Waals surface area contributed by atoms with Crippen LogP contribution in [0.3, 0.4) is 0 Å². The van der Waals surface area contributed by atoms with Gasteiger partial charge in [0, 0.05) is 0 Å². The van der Waals surface area contributed by atoms with Crippen molar-refractivity contribution in [3.05, 3.63) is 0 Å². The number of hydrogen-bond donors (Lipinski definition) is 1. The van der Waals surface area contributed by atoms with Crippen molar-refractivity contribution in [3.63, 3.8) is 0 Å². The van der Waals surface area contributed by atoms with Crippen LogP contribution in [0.15, 0.2) is 0 Å². The van der Waals surface area contributed by atoms with Crippen LogP contribution in [0.25, 0.3) is 0 Å². The molecule has 0 aromatic rings. The minimum absolute atomic E-state index is 0.00777. The molecule has 0 aliphatic heterocycles. The average molecular weight is 353 g/mol. The van der Waals surface area contributed by atoms with Crippen molar-refractivity contribution < 1.29 is 5.11 Å². The van der Waals surface area contributed by atoms with Crippen LogP contribution in [0.5, 0.6) is 0 Å². The SMILES string of the molecule is CC.CCC(C)CCCCCC1CCCCC(C2CC2)CC(O)CC1. The fourth-order valence-corrected chi connectivity index (χ4v) is 4.59. The van der Waals surface area contributed by atoms with Gasteiger partial charge < -0.3 is 5.11 Å². The highest BCUT2D eigenvalue weighted by molar-refractivity contribution is 4.83. The molecule has 0 bridgehead atoms. The molecular formula is C24H48O. The Balaban J connectivity index is 0.00000151. The Morgan fingerprint density at radius 2 is 1.56 bits per heavy atom. The van der Waals surface area contributed by atoms with Gasteiger partial charge in [-0.25, -0.2) is 0 Å². The Bertz CT molecular complexity index is 296. The normalized spacial score (nSPS) is 29.4. The van der Waals surface area contributed by atoms with E-state index in [9.17, 15) is 5.11 Å². The molecule has 0 saturated heterocycles. The van der Waals surface area contributed by atoms with Gasteiger partial charge in [0.2, 0.25) is 0 Å². The van der Waals surface area contributed by atoms with Crippen molar-refractivity contribution in [2.45, 2.75) is 130 Å². The van der Waals surface area contributed by atoms with Gasteiger partial charge >= 0.3 is 0 Å². The maximum atomic E-state index is 10.4. The molecule has 0 aromatic carbocycles. The highest BCUT2D eigenvalue weighted by Gasteiger charge is 2.32. The van der Waals surface area contributed by atoms with E-state index in [1.807, 2.05) is 13.8 Å². The number of unbranched alkanes of at least 4 members (excludes halogenated alkanes) is 2. The molecule has 0 heterocycles. The van der Waals surface area contributed by atoms with Gasteiger partial charge in [0.05, 0.1) is 6.10 Å². The molecule has 2 aliphatic rings. The van der Waals surface area contributed by atoms with E-state index < -0.39 is 0 Å². The molecule has 1 N–H and O–H groups in total. The second-order valence-electron chi connectivity index (χ2n) is 8.87. The third-order valence-corrected chi connectivity index (χ3v) is 6.72. The van der Waals surface area contributed by atoms with Crippen LogP contribution < -0.4 is 0 Å². The number of rotatable bonds is 8. The molecule has 0 amide bonds. The van der Waals surface area contributed by atoms with Gasteiger partial charge in [0.15, 0.2) is 0 Å². The highest BCUT2D eigenvalue weighted by Crippen LogP contribution is 2.42. The summed E-state index contributed by atoms with van der Waals surface area (Å²) in [5.74, 6) is 3.64. The first kappa shape index (κ1) is 23.0. The van der Waals surface area contributed by atoms with E-state index >= 15 is 0 Å². The Morgan fingerprint density at radius 3 is 2.24 bits per heavy atom. The third-order valence-electron chi connectivity index (χ3n) is 6.72. The molecule has 150 valence electrons. The molecule has 1 nitrogen and oxygen atoms in total. The van der Waals surface area contributed by atoms with Gasteiger partial charge in [0.1, 0.15) is 0 Å². The Morgan fingerprint density at radius 1 is 0.840 bits per heavy atom. The molecule has 4 unspecified atom stereocenters. The molecule has 0 spiro atoms. The summed E-state index contributed by atoms with van der Waals surface area (Å²) in [6, 6.07) is 0. The molecule has 4 atom stereocenters. The van der Waals surface area contributed by atoms with Crippen LogP contribution >= 0.6 is 0 Å². The van der Waals surface area contributed by atoms with Gasteiger partial charge in [-0.05, 0) is 55.8 Å². The predicted octanol–water partition coefficient (Wildman–Crippen LogP) is 7.76. The molecular weight excluding hydrogens is 304 g/mol. The first-order valence-corrected chi connectivity index (χ1v) is 11.9. The highest BCUT2D eigenvalue weighted by atomic mass is 16.3. The molecule has 2 fully saturated rings. The number of aliphatic hydroxyl groups excluding tert-OH is 1. The summed E-state index contributed by atoms with van der Waals surface area (Å²) in [5.41, 5.74) is 0. The third kappa shape index (κ3) is 10.6. The minimum Gasteiger partial charge on any atom is -0.393 e. The molecule has 0 radical (unpaired) electrons. The lowest BCUT2D eigenvalue weighted by Gasteiger charge is -2.25. The Hall–Kier alpha value is -0.0400. The van der Waals surface area contributed by atoms with Crippen LogP contribution in [0, 0.1) is 23.7 Å². The summed E-state index contributed by atoms with van der Waals surface area (Å²) < 4.78 is 0. The first-order chi connectivity index (χ1) is 12.2. The summed E-state index contributed by atoms with van der Waals surface area (Å²) in [4.78, 5) is 0. The van der Waals surface area contributed by atoms with Gasteiger partial charge in [0.25, 0.3) is 0 Å². The largest absolute Gasteiger partial charge is 0.393 e. The zero-order chi connectivity index (χ0) is 18.5. The predicted molar refractivity (Wildman–Crippen MR) is 112 cm³/mol. The van der Waals surface area contributed by atoms with Crippen LogP contribution in [-0.4, -0.2) is 11.2 Å². The monoisotopic (exact) mass is 352 g/mol. The maximum absolute atomic E-state index is 10.4. The van der Waals surface area contributed by atoms with Crippen LogP contribution in [0.1, 0.15) is 124 Å². The topological polar surface area (TPSA) is 20.2 Å². The standard InChI is InChI=1S/C22H42O.C2H6/c1-3-18(2)9-5-4-6-10-19-11-7-8-12-21(20-14-15-20)17-22(23)16-13-19;1-2/h18-23H,3-17H2,1-2H3;1-2H3. The zero-order valence-electron chi connectivity index (χ0n) is 17.9. The van der Waals surface area contributed by atoms with Crippen molar-refractivity contribution in [1.82, 2.24) is 0 Å². The molecule has 2 aliphatic carbocycles. The van der Waals surface area contributed by atoms with Gasteiger partial charge in [-0.1, -0.05) is 91.9 Å². The van der Waals surface area contributed by atoms with E-state index in [4.69, 9.17) is 0 Å². The van der Waals surface area contributed by atoms with Crippen molar-refractivity contribution in [2.75, 3.05) is 0 Å². The van der Waals surface area contributed by atoms with E-state index in [1.165, 1.54) is 83.5 Å². The van der Waals surface area contributed by atoms with E-state index in [0.29, 0.717) is 0 Å². The van der Waals surface area contributed by atoms with E-state index in [2.05, 4.69) is 13.8 Å². The van der Waals surface area contributed by atoms with Gasteiger partial charge in [-0.15, -0.1) is 0 Å². The lowest BCUT2D eigenvalue weighted by molar-refractivity contribution is 0.110. The lowest BCUT2D eigenvalue weighted by Crippen LogP contribution is -2.18. The fourth-order valence-electron chi connectivity index (χ4n) is 4.59. The summed E-state index contributed by atoms with van der Waals surface area (Å²) >= 11 is 0. The van der Waals surface area contributed by atoms with Crippen molar-refractivity contribution >= 4 is 0 Å². The molecule has 1 heteroatoms. The summed E-state index contributed by atoms with van der Waals surface area (Å²) in [6.07, 6.45) is 20.4.